The van der Waals surface area contributed by atoms with Gasteiger partial charge in [0.05, 0.1) is 31.3 Å². The number of aliphatic hydroxyl groups excluding tert-OH is 3. The van der Waals surface area contributed by atoms with E-state index in [1.807, 2.05) is 0 Å². The number of ether oxygens (including phenoxy) is 1. The number of aliphatic hydroxyl groups is 3. The first-order valence-electron chi connectivity index (χ1n) is 14.7. The molecule has 0 bridgehead atoms. The lowest BCUT2D eigenvalue weighted by atomic mass is 9.69. The average Bonchev–Trinajstić information content (AvgIpc) is 2.85. The number of hydrogen-bond acceptors (Lipinski definition) is 5. The fraction of sp³-hybridized carbons (Fsp3) is 0.812. The second kappa shape index (κ2) is 16.2. The summed E-state index contributed by atoms with van der Waals surface area (Å²) in [5.74, 6) is 0. The summed E-state index contributed by atoms with van der Waals surface area (Å²) in [5, 5.41) is 31.4. The summed E-state index contributed by atoms with van der Waals surface area (Å²) in [6.07, 6.45) is 11.8. The molecule has 1 atom stereocenters. The standard InChI is InChI=1S/C32H59NO4/c1-8-9-10-11-12-13-14-15-16-17-18-37-29(32(22-34,23-35)24-36)28-26(30(2,3)4)19-25(21-33)20-27(28)31(5,6)7/h19-20,29,34-36H,8-18,21-24,33H2,1-7H3. The van der Waals surface area contributed by atoms with Crippen molar-refractivity contribution in [2.75, 3.05) is 26.4 Å². The summed E-state index contributed by atoms with van der Waals surface area (Å²) in [6, 6.07) is 4.27. The molecule has 1 rings (SSSR count). The smallest absolute Gasteiger partial charge is 0.0953 e. The lowest BCUT2D eigenvalue weighted by Gasteiger charge is -2.42. The third kappa shape index (κ3) is 10.3. The summed E-state index contributed by atoms with van der Waals surface area (Å²) in [4.78, 5) is 0. The first kappa shape index (κ1) is 34.0. The monoisotopic (exact) mass is 521 g/mol. The molecule has 0 spiro atoms. The van der Waals surface area contributed by atoms with Gasteiger partial charge in [-0.05, 0) is 39.5 Å². The predicted molar refractivity (Wildman–Crippen MR) is 156 cm³/mol. The van der Waals surface area contributed by atoms with Crippen LogP contribution in [0.25, 0.3) is 0 Å². The lowest BCUT2D eigenvalue weighted by Crippen LogP contribution is -2.43. The van der Waals surface area contributed by atoms with Gasteiger partial charge in [-0.2, -0.15) is 0 Å². The van der Waals surface area contributed by atoms with Crippen LogP contribution in [0.5, 0.6) is 0 Å². The number of benzene rings is 1. The average molecular weight is 522 g/mol. The molecule has 0 aliphatic heterocycles. The summed E-state index contributed by atoms with van der Waals surface area (Å²) < 4.78 is 6.57. The summed E-state index contributed by atoms with van der Waals surface area (Å²) in [5.41, 5.74) is 8.67. The highest BCUT2D eigenvalue weighted by Crippen LogP contribution is 2.46. The minimum Gasteiger partial charge on any atom is -0.395 e. The van der Waals surface area contributed by atoms with E-state index in [4.69, 9.17) is 10.5 Å². The minimum absolute atomic E-state index is 0.217. The molecule has 0 saturated heterocycles. The van der Waals surface area contributed by atoms with Gasteiger partial charge in [0.2, 0.25) is 0 Å². The van der Waals surface area contributed by atoms with Crippen molar-refractivity contribution < 1.29 is 20.1 Å². The molecule has 0 heterocycles. The zero-order chi connectivity index (χ0) is 28.1. The van der Waals surface area contributed by atoms with Crippen LogP contribution in [0.15, 0.2) is 12.1 Å². The first-order valence-corrected chi connectivity index (χ1v) is 14.7. The van der Waals surface area contributed by atoms with Gasteiger partial charge in [0.25, 0.3) is 0 Å². The molecule has 0 aromatic heterocycles. The van der Waals surface area contributed by atoms with Crippen LogP contribution in [0.1, 0.15) is 141 Å². The van der Waals surface area contributed by atoms with E-state index in [1.165, 1.54) is 51.4 Å². The normalized spacial score (nSPS) is 13.8. The van der Waals surface area contributed by atoms with Gasteiger partial charge in [-0.3, -0.25) is 0 Å². The van der Waals surface area contributed by atoms with Crippen LogP contribution in [0.4, 0.5) is 0 Å². The molecule has 1 aromatic rings. The van der Waals surface area contributed by atoms with Crippen molar-refractivity contribution in [2.24, 2.45) is 11.1 Å². The Hall–Kier alpha value is -0.980. The van der Waals surface area contributed by atoms with Crippen LogP contribution in [-0.2, 0) is 22.1 Å². The van der Waals surface area contributed by atoms with Gasteiger partial charge in [-0.15, -0.1) is 0 Å². The summed E-state index contributed by atoms with van der Waals surface area (Å²) in [6.45, 7) is 15.1. The number of unbranched alkanes of at least 4 members (excludes halogenated alkanes) is 9. The van der Waals surface area contributed by atoms with E-state index in [1.54, 1.807) is 0 Å². The van der Waals surface area contributed by atoms with Crippen molar-refractivity contribution in [2.45, 2.75) is 136 Å². The van der Waals surface area contributed by atoms with Crippen LogP contribution < -0.4 is 5.73 Å². The SMILES string of the molecule is CCCCCCCCCCCCOC(c1c(C(C)(C)C)cc(CN)cc1C(C)(C)C)C(CO)(CO)CO. The van der Waals surface area contributed by atoms with E-state index in [9.17, 15) is 15.3 Å². The second-order valence-electron chi connectivity index (χ2n) is 13.1. The molecule has 5 N–H and O–H groups in total. The van der Waals surface area contributed by atoms with Crippen LogP contribution in [0.2, 0.25) is 0 Å². The van der Waals surface area contributed by atoms with Gasteiger partial charge in [-0.1, -0.05) is 118 Å². The zero-order valence-electron chi connectivity index (χ0n) is 25.2. The maximum Gasteiger partial charge on any atom is 0.0953 e. The van der Waals surface area contributed by atoms with Crippen molar-refractivity contribution in [3.8, 4) is 0 Å². The molecule has 216 valence electrons. The molecule has 5 heteroatoms. The van der Waals surface area contributed by atoms with Crippen molar-refractivity contribution in [1.82, 2.24) is 0 Å². The molecule has 0 amide bonds. The number of rotatable bonds is 18. The van der Waals surface area contributed by atoms with Crippen LogP contribution in [0.3, 0.4) is 0 Å². The highest BCUT2D eigenvalue weighted by Gasteiger charge is 2.44. The second-order valence-corrected chi connectivity index (χ2v) is 13.1. The third-order valence-electron chi connectivity index (χ3n) is 7.64. The van der Waals surface area contributed by atoms with Gasteiger partial charge < -0.3 is 25.8 Å². The van der Waals surface area contributed by atoms with Gasteiger partial charge in [0.15, 0.2) is 0 Å². The van der Waals surface area contributed by atoms with Gasteiger partial charge >= 0.3 is 0 Å². The number of nitrogens with two attached hydrogens (primary N) is 1. The van der Waals surface area contributed by atoms with E-state index >= 15 is 0 Å². The molecule has 0 aliphatic rings. The van der Waals surface area contributed by atoms with Gasteiger partial charge in [-0.25, -0.2) is 0 Å². The van der Waals surface area contributed by atoms with Crippen LogP contribution >= 0.6 is 0 Å². The largest absolute Gasteiger partial charge is 0.395 e. The molecule has 0 radical (unpaired) electrons. The fourth-order valence-corrected chi connectivity index (χ4v) is 5.11. The van der Waals surface area contributed by atoms with E-state index in [2.05, 4.69) is 60.6 Å². The Balaban J connectivity index is 3.19. The predicted octanol–water partition coefficient (Wildman–Crippen LogP) is 6.68. The molecule has 1 unspecified atom stereocenters. The molecule has 0 saturated carbocycles. The highest BCUT2D eigenvalue weighted by molar-refractivity contribution is 5.48. The van der Waals surface area contributed by atoms with Crippen molar-refractivity contribution in [1.29, 1.82) is 0 Å². The Morgan fingerprint density at radius 3 is 1.46 bits per heavy atom. The minimum atomic E-state index is -1.19. The van der Waals surface area contributed by atoms with Crippen molar-refractivity contribution >= 4 is 0 Å². The van der Waals surface area contributed by atoms with E-state index in [0.717, 1.165) is 35.1 Å². The highest BCUT2D eigenvalue weighted by atomic mass is 16.5. The molecule has 1 aromatic carbocycles. The van der Waals surface area contributed by atoms with E-state index in [0.29, 0.717) is 13.2 Å². The Bertz CT molecular complexity index is 716. The molecular weight excluding hydrogens is 462 g/mol. The van der Waals surface area contributed by atoms with E-state index < -0.39 is 11.5 Å². The Labute approximate surface area is 228 Å². The summed E-state index contributed by atoms with van der Waals surface area (Å²) >= 11 is 0. The topological polar surface area (TPSA) is 95.9 Å². The van der Waals surface area contributed by atoms with Gasteiger partial charge in [0.1, 0.15) is 0 Å². The van der Waals surface area contributed by atoms with E-state index in [-0.39, 0.29) is 30.7 Å². The maximum atomic E-state index is 10.5. The van der Waals surface area contributed by atoms with Crippen LogP contribution in [-0.4, -0.2) is 41.7 Å². The molecule has 37 heavy (non-hydrogen) atoms. The molecule has 0 aliphatic carbocycles. The Morgan fingerprint density at radius 1 is 0.703 bits per heavy atom. The third-order valence-corrected chi connectivity index (χ3v) is 7.64. The quantitative estimate of drug-likeness (QED) is 0.162. The summed E-state index contributed by atoms with van der Waals surface area (Å²) in [7, 11) is 0. The maximum absolute atomic E-state index is 10.5. The Kier molecular flexibility index (Phi) is 14.9. The number of hydrogen-bond donors (Lipinski definition) is 4. The molecular formula is C32H59NO4. The van der Waals surface area contributed by atoms with Gasteiger partial charge in [0, 0.05) is 13.2 Å². The molecule has 5 nitrogen and oxygen atoms in total. The van der Waals surface area contributed by atoms with Crippen molar-refractivity contribution in [3.05, 3.63) is 34.4 Å². The first-order chi connectivity index (χ1) is 17.4. The Morgan fingerprint density at radius 2 is 1.11 bits per heavy atom. The fourth-order valence-electron chi connectivity index (χ4n) is 5.11. The van der Waals surface area contributed by atoms with Crippen molar-refractivity contribution in [3.63, 3.8) is 0 Å². The lowest BCUT2D eigenvalue weighted by molar-refractivity contribution is -0.118. The van der Waals surface area contributed by atoms with Crippen LogP contribution in [0, 0.1) is 5.41 Å². The zero-order valence-corrected chi connectivity index (χ0v) is 25.2. The molecule has 0 fully saturated rings.